The molecule has 29 heavy (non-hydrogen) atoms. The number of nitrogens with zero attached hydrogens (tertiary/aromatic N) is 6. The van der Waals surface area contributed by atoms with Crippen LogP contribution in [0.25, 0.3) is 16.8 Å². The van der Waals surface area contributed by atoms with Crippen LogP contribution in [-0.2, 0) is 13.6 Å². The van der Waals surface area contributed by atoms with Crippen LogP contribution in [0.3, 0.4) is 0 Å². The molecule has 150 valence electrons. The van der Waals surface area contributed by atoms with Crippen molar-refractivity contribution in [2.24, 2.45) is 7.05 Å². The summed E-state index contributed by atoms with van der Waals surface area (Å²) in [5.74, 6) is 2.60. The highest BCUT2D eigenvalue weighted by Crippen LogP contribution is 2.35. The molecule has 0 radical (unpaired) electrons. The van der Waals surface area contributed by atoms with Gasteiger partial charge in [-0.3, -0.25) is 4.68 Å². The summed E-state index contributed by atoms with van der Waals surface area (Å²) in [6.45, 7) is 4.36. The number of methoxy groups -OCH3 is 2. The fraction of sp³-hybridized carbons (Fsp3) is 0.300. The Morgan fingerprint density at radius 1 is 1.00 bits per heavy atom. The summed E-state index contributed by atoms with van der Waals surface area (Å²) < 4.78 is 14.3. The Morgan fingerprint density at radius 2 is 1.79 bits per heavy atom. The predicted octanol–water partition coefficient (Wildman–Crippen LogP) is 2.77. The Bertz CT molecular complexity index is 1180. The van der Waals surface area contributed by atoms with Crippen molar-refractivity contribution in [3.05, 3.63) is 47.7 Å². The SMILES string of the molecule is COc1ccc(-c2c(C)nn3c(NCc4ccn(C)n4)nc(C)nc23)cc1OC. The van der Waals surface area contributed by atoms with Crippen LogP contribution in [0.15, 0.2) is 30.5 Å². The third kappa shape index (κ3) is 3.46. The van der Waals surface area contributed by atoms with Gasteiger partial charge >= 0.3 is 0 Å². The van der Waals surface area contributed by atoms with E-state index in [-0.39, 0.29) is 0 Å². The number of aromatic nitrogens is 6. The second-order valence-corrected chi connectivity index (χ2v) is 6.69. The number of hydrogen-bond donors (Lipinski definition) is 1. The zero-order chi connectivity index (χ0) is 20.5. The highest BCUT2D eigenvalue weighted by Gasteiger charge is 2.18. The van der Waals surface area contributed by atoms with Crippen LogP contribution in [0.1, 0.15) is 17.2 Å². The molecule has 0 aliphatic heterocycles. The molecule has 0 saturated carbocycles. The van der Waals surface area contributed by atoms with E-state index >= 15 is 0 Å². The van der Waals surface area contributed by atoms with Crippen molar-refractivity contribution in [2.75, 3.05) is 19.5 Å². The Labute approximate surface area is 168 Å². The first kappa shape index (κ1) is 18.7. The van der Waals surface area contributed by atoms with Gasteiger partial charge in [-0.2, -0.15) is 19.7 Å². The number of nitrogens with one attached hydrogen (secondary N) is 1. The van der Waals surface area contributed by atoms with Crippen molar-refractivity contribution in [2.45, 2.75) is 20.4 Å². The van der Waals surface area contributed by atoms with Gasteiger partial charge in [0, 0.05) is 18.8 Å². The molecule has 0 saturated heterocycles. The number of anilines is 1. The van der Waals surface area contributed by atoms with Gasteiger partial charge in [-0.1, -0.05) is 6.07 Å². The average Bonchev–Trinajstić information content (AvgIpc) is 3.27. The van der Waals surface area contributed by atoms with Crippen molar-refractivity contribution >= 4 is 11.6 Å². The minimum Gasteiger partial charge on any atom is -0.493 e. The molecule has 4 rings (SSSR count). The topological polar surface area (TPSA) is 91.4 Å². The molecule has 3 aromatic heterocycles. The van der Waals surface area contributed by atoms with Gasteiger partial charge in [0.2, 0.25) is 5.95 Å². The summed E-state index contributed by atoms with van der Waals surface area (Å²) in [5.41, 5.74) is 4.37. The molecule has 0 atom stereocenters. The summed E-state index contributed by atoms with van der Waals surface area (Å²) in [6.07, 6.45) is 1.91. The van der Waals surface area contributed by atoms with E-state index in [2.05, 4.69) is 25.5 Å². The summed E-state index contributed by atoms with van der Waals surface area (Å²) >= 11 is 0. The molecule has 9 heteroatoms. The minimum absolute atomic E-state index is 0.539. The van der Waals surface area contributed by atoms with Crippen molar-refractivity contribution in [3.63, 3.8) is 0 Å². The van der Waals surface area contributed by atoms with Gasteiger partial charge in [-0.15, -0.1) is 0 Å². The zero-order valence-electron chi connectivity index (χ0n) is 17.1. The molecule has 0 bridgehead atoms. The average molecular weight is 393 g/mol. The maximum atomic E-state index is 5.46. The van der Waals surface area contributed by atoms with Gasteiger partial charge in [0.25, 0.3) is 0 Å². The third-order valence-electron chi connectivity index (χ3n) is 4.64. The molecule has 0 aliphatic rings. The fourth-order valence-electron chi connectivity index (χ4n) is 3.32. The molecule has 4 aromatic rings. The third-order valence-corrected chi connectivity index (χ3v) is 4.64. The van der Waals surface area contributed by atoms with E-state index < -0.39 is 0 Å². The molecule has 1 aromatic carbocycles. The maximum absolute atomic E-state index is 5.46. The molecule has 0 aliphatic carbocycles. The lowest BCUT2D eigenvalue weighted by Crippen LogP contribution is -2.10. The van der Waals surface area contributed by atoms with E-state index in [0.717, 1.165) is 28.2 Å². The highest BCUT2D eigenvalue weighted by molar-refractivity contribution is 5.81. The first-order valence-corrected chi connectivity index (χ1v) is 9.19. The molecular formula is C20H23N7O2. The number of fused-ring (bicyclic) bond motifs is 1. The van der Waals surface area contributed by atoms with Crippen LogP contribution in [0.2, 0.25) is 0 Å². The monoisotopic (exact) mass is 393 g/mol. The summed E-state index contributed by atoms with van der Waals surface area (Å²) in [4.78, 5) is 9.18. The number of rotatable bonds is 6. The van der Waals surface area contributed by atoms with Crippen molar-refractivity contribution in [3.8, 4) is 22.6 Å². The molecule has 1 N–H and O–H groups in total. The molecule has 0 amide bonds. The quantitative estimate of drug-likeness (QED) is 0.538. The molecule has 3 heterocycles. The van der Waals surface area contributed by atoms with Crippen LogP contribution in [0.5, 0.6) is 11.5 Å². The van der Waals surface area contributed by atoms with Crippen molar-refractivity contribution in [1.82, 2.24) is 29.4 Å². The minimum atomic E-state index is 0.539. The number of aryl methyl sites for hydroxylation is 3. The molecule has 9 nitrogen and oxygen atoms in total. The first-order valence-electron chi connectivity index (χ1n) is 9.19. The van der Waals surface area contributed by atoms with Crippen LogP contribution in [-0.4, -0.2) is 43.6 Å². The van der Waals surface area contributed by atoms with Crippen LogP contribution in [0.4, 0.5) is 5.95 Å². The van der Waals surface area contributed by atoms with E-state index in [4.69, 9.17) is 9.47 Å². The second-order valence-electron chi connectivity index (χ2n) is 6.69. The zero-order valence-corrected chi connectivity index (χ0v) is 17.1. The van der Waals surface area contributed by atoms with Gasteiger partial charge < -0.3 is 14.8 Å². The second kappa shape index (κ2) is 7.42. The Kier molecular flexibility index (Phi) is 4.79. The Hall–Kier alpha value is -3.62. The lowest BCUT2D eigenvalue weighted by molar-refractivity contribution is 0.355. The highest BCUT2D eigenvalue weighted by atomic mass is 16.5. The van der Waals surface area contributed by atoms with Crippen LogP contribution < -0.4 is 14.8 Å². The molecular weight excluding hydrogens is 370 g/mol. The van der Waals surface area contributed by atoms with Crippen molar-refractivity contribution < 1.29 is 9.47 Å². The number of ether oxygens (including phenoxy) is 2. The fourth-order valence-corrected chi connectivity index (χ4v) is 3.32. The standard InChI is InChI=1S/C20H23N7O2/c1-12-18(14-6-7-16(28-4)17(10-14)29-5)19-22-13(2)23-20(27(19)24-12)21-11-15-8-9-26(3)25-15/h6-10H,11H2,1-5H3,(H,21,22,23). The van der Waals surface area contributed by atoms with E-state index in [1.807, 2.05) is 51.4 Å². The van der Waals surface area contributed by atoms with Crippen molar-refractivity contribution in [1.29, 1.82) is 0 Å². The summed E-state index contributed by atoms with van der Waals surface area (Å²) in [6, 6.07) is 7.75. The van der Waals surface area contributed by atoms with E-state index in [1.165, 1.54) is 0 Å². The van der Waals surface area contributed by atoms with E-state index in [0.29, 0.717) is 29.8 Å². The van der Waals surface area contributed by atoms with E-state index in [1.54, 1.807) is 23.4 Å². The molecule has 0 unspecified atom stereocenters. The smallest absolute Gasteiger partial charge is 0.227 e. The van der Waals surface area contributed by atoms with Gasteiger partial charge in [0.1, 0.15) is 5.82 Å². The van der Waals surface area contributed by atoms with Gasteiger partial charge in [0.05, 0.1) is 32.2 Å². The lowest BCUT2D eigenvalue weighted by Gasteiger charge is -2.10. The van der Waals surface area contributed by atoms with Gasteiger partial charge in [-0.05, 0) is 37.6 Å². The summed E-state index contributed by atoms with van der Waals surface area (Å²) in [7, 11) is 5.13. The maximum Gasteiger partial charge on any atom is 0.227 e. The van der Waals surface area contributed by atoms with Crippen LogP contribution in [0, 0.1) is 13.8 Å². The normalized spacial score (nSPS) is 11.1. The number of benzene rings is 1. The van der Waals surface area contributed by atoms with E-state index in [9.17, 15) is 0 Å². The van der Waals surface area contributed by atoms with Gasteiger partial charge in [0.15, 0.2) is 17.1 Å². The van der Waals surface area contributed by atoms with Gasteiger partial charge in [-0.25, -0.2) is 4.98 Å². The molecule has 0 fully saturated rings. The first-order chi connectivity index (χ1) is 14.0. The largest absolute Gasteiger partial charge is 0.493 e. The lowest BCUT2D eigenvalue weighted by atomic mass is 10.1. The molecule has 0 spiro atoms. The predicted molar refractivity (Wildman–Crippen MR) is 109 cm³/mol. The Balaban J connectivity index is 1.78. The summed E-state index contributed by atoms with van der Waals surface area (Å²) in [5, 5.41) is 12.4. The van der Waals surface area contributed by atoms with Crippen LogP contribution >= 0.6 is 0 Å². The Morgan fingerprint density at radius 3 is 2.48 bits per heavy atom. The number of hydrogen-bond acceptors (Lipinski definition) is 7.